The van der Waals surface area contributed by atoms with E-state index in [9.17, 15) is 9.59 Å². The number of benzene rings is 1. The van der Waals surface area contributed by atoms with Crippen molar-refractivity contribution < 1.29 is 14.3 Å². The Bertz CT molecular complexity index is 599. The molecule has 1 aromatic rings. The normalized spacial score (nSPS) is 26.9. The van der Waals surface area contributed by atoms with Gasteiger partial charge in [-0.2, -0.15) is 0 Å². The molecule has 3 rings (SSSR count). The van der Waals surface area contributed by atoms with Crippen molar-refractivity contribution in [2.75, 3.05) is 7.05 Å². The Morgan fingerprint density at radius 3 is 2.76 bits per heavy atom. The number of hydrogen-bond acceptors (Lipinski definition) is 4. The lowest BCUT2D eigenvalue weighted by Gasteiger charge is -2.25. The zero-order valence-electron chi connectivity index (χ0n) is 12.3. The van der Waals surface area contributed by atoms with E-state index in [-0.39, 0.29) is 36.5 Å². The summed E-state index contributed by atoms with van der Waals surface area (Å²) in [5.41, 5.74) is 8.54. The topological polar surface area (TPSA) is 72.6 Å². The number of nitrogens with two attached hydrogens (primary N) is 1. The van der Waals surface area contributed by atoms with E-state index in [1.54, 1.807) is 0 Å². The van der Waals surface area contributed by atoms with Gasteiger partial charge >= 0.3 is 0 Å². The molecule has 2 aliphatic rings. The third-order valence-corrected chi connectivity index (χ3v) is 4.43. The smallest absolute Gasteiger partial charge is 0.260 e. The Labute approximate surface area is 124 Å². The monoisotopic (exact) mass is 288 g/mol. The highest BCUT2D eigenvalue weighted by molar-refractivity contribution is 6.09. The number of carbonyl (C=O) groups is 2. The lowest BCUT2D eigenvalue weighted by atomic mass is 9.92. The van der Waals surface area contributed by atoms with Gasteiger partial charge < -0.3 is 10.5 Å². The van der Waals surface area contributed by atoms with E-state index in [1.807, 2.05) is 25.1 Å². The first-order valence-electron chi connectivity index (χ1n) is 7.32. The Kier molecular flexibility index (Phi) is 3.55. The highest BCUT2D eigenvalue weighted by Crippen LogP contribution is 2.30. The largest absolute Gasteiger partial charge is 0.373 e. The molecule has 2 aliphatic heterocycles. The molecule has 0 radical (unpaired) electrons. The average molecular weight is 288 g/mol. The van der Waals surface area contributed by atoms with Crippen LogP contribution in [0, 0.1) is 0 Å². The molecule has 3 atom stereocenters. The van der Waals surface area contributed by atoms with Crippen LogP contribution < -0.4 is 5.73 Å². The van der Waals surface area contributed by atoms with Crippen molar-refractivity contribution in [1.29, 1.82) is 0 Å². The molecular formula is C16H20N2O3. The lowest BCUT2D eigenvalue weighted by Crippen LogP contribution is -2.39. The molecule has 0 spiro atoms. The molecule has 2 N–H and O–H groups in total. The van der Waals surface area contributed by atoms with Gasteiger partial charge in [0, 0.05) is 12.6 Å². The minimum atomic E-state index is -0.254. The molecular weight excluding hydrogens is 268 g/mol. The molecule has 2 amide bonds. The summed E-state index contributed by atoms with van der Waals surface area (Å²) in [6, 6.07) is 5.32. The number of imide groups is 1. The van der Waals surface area contributed by atoms with Gasteiger partial charge in [-0.25, -0.2) is 0 Å². The van der Waals surface area contributed by atoms with Crippen LogP contribution in [-0.4, -0.2) is 36.0 Å². The first-order chi connectivity index (χ1) is 9.97. The molecule has 2 heterocycles. The van der Waals surface area contributed by atoms with Crippen LogP contribution in [0.5, 0.6) is 0 Å². The summed E-state index contributed by atoms with van der Waals surface area (Å²) < 4.78 is 5.81. The second-order valence-corrected chi connectivity index (χ2v) is 5.94. The number of hydrogen-bond donors (Lipinski definition) is 1. The zero-order valence-corrected chi connectivity index (χ0v) is 12.3. The summed E-state index contributed by atoms with van der Waals surface area (Å²) in [7, 11) is 1.52. The average Bonchev–Trinajstić information content (AvgIpc) is 2.90. The maximum absolute atomic E-state index is 12.2. The summed E-state index contributed by atoms with van der Waals surface area (Å²) in [4.78, 5) is 25.1. The van der Waals surface area contributed by atoms with E-state index in [1.165, 1.54) is 11.9 Å². The maximum atomic E-state index is 12.2. The molecule has 1 saturated heterocycles. The van der Waals surface area contributed by atoms with E-state index in [2.05, 4.69) is 0 Å². The third-order valence-electron chi connectivity index (χ3n) is 4.43. The van der Waals surface area contributed by atoms with Gasteiger partial charge in [0.15, 0.2) is 0 Å². The molecule has 1 fully saturated rings. The van der Waals surface area contributed by atoms with E-state index < -0.39 is 0 Å². The molecule has 0 aliphatic carbocycles. The van der Waals surface area contributed by atoms with E-state index in [0.717, 1.165) is 24.0 Å². The van der Waals surface area contributed by atoms with E-state index in [0.29, 0.717) is 5.56 Å². The predicted molar refractivity (Wildman–Crippen MR) is 77.7 cm³/mol. The van der Waals surface area contributed by atoms with Gasteiger partial charge in [-0.05, 0) is 37.0 Å². The highest BCUT2D eigenvalue weighted by atomic mass is 16.5. The van der Waals surface area contributed by atoms with E-state index in [4.69, 9.17) is 10.5 Å². The highest BCUT2D eigenvalue weighted by Gasteiger charge is 2.31. The quantitative estimate of drug-likeness (QED) is 0.835. The Balaban J connectivity index is 1.89. The molecule has 112 valence electrons. The van der Waals surface area contributed by atoms with Gasteiger partial charge in [0.1, 0.15) is 0 Å². The van der Waals surface area contributed by atoms with Crippen molar-refractivity contribution in [3.8, 4) is 0 Å². The van der Waals surface area contributed by atoms with Crippen molar-refractivity contribution in [1.82, 2.24) is 4.90 Å². The molecule has 3 unspecified atom stereocenters. The van der Waals surface area contributed by atoms with Crippen molar-refractivity contribution in [2.45, 2.75) is 44.4 Å². The van der Waals surface area contributed by atoms with Gasteiger partial charge in [-0.15, -0.1) is 0 Å². The summed E-state index contributed by atoms with van der Waals surface area (Å²) in [5, 5.41) is 0. The van der Waals surface area contributed by atoms with Gasteiger partial charge in [0.25, 0.3) is 5.91 Å². The molecule has 21 heavy (non-hydrogen) atoms. The van der Waals surface area contributed by atoms with Crippen LogP contribution in [0.2, 0.25) is 0 Å². The predicted octanol–water partition coefficient (Wildman–Crippen LogP) is 1.41. The summed E-state index contributed by atoms with van der Waals surface area (Å²) in [6.45, 7) is 2.05. The maximum Gasteiger partial charge on any atom is 0.260 e. The lowest BCUT2D eigenvalue weighted by molar-refractivity contribution is -0.127. The number of nitrogens with zero attached hydrogens (tertiary/aromatic N) is 1. The number of likely N-dealkylation sites (N-methyl/N-ethyl adjacent to an activating group) is 1. The third kappa shape index (κ3) is 2.47. The first-order valence-corrected chi connectivity index (χ1v) is 7.32. The zero-order chi connectivity index (χ0) is 15.1. The molecule has 0 saturated carbocycles. The number of amides is 2. The number of rotatable bonds is 2. The van der Waals surface area contributed by atoms with E-state index >= 15 is 0 Å². The van der Waals surface area contributed by atoms with Crippen molar-refractivity contribution >= 4 is 11.8 Å². The fourth-order valence-corrected chi connectivity index (χ4v) is 3.04. The fourth-order valence-electron chi connectivity index (χ4n) is 3.04. The van der Waals surface area contributed by atoms with Gasteiger partial charge in [-0.3, -0.25) is 14.5 Å². The summed E-state index contributed by atoms with van der Waals surface area (Å²) in [6.07, 6.45) is 2.45. The Morgan fingerprint density at radius 2 is 2.10 bits per heavy atom. The van der Waals surface area contributed by atoms with Gasteiger partial charge in [0.2, 0.25) is 5.91 Å². The molecule has 5 nitrogen and oxygen atoms in total. The van der Waals surface area contributed by atoms with Gasteiger partial charge in [-0.1, -0.05) is 12.1 Å². The van der Waals surface area contributed by atoms with Crippen LogP contribution in [0.3, 0.4) is 0 Å². The Morgan fingerprint density at radius 1 is 1.33 bits per heavy atom. The standard InChI is InChI=1S/C16H20N2O3/c1-9-3-6-13(21-9)15(17)11-5-4-10-8-14(19)18(2)16(20)12(10)7-11/h4-5,7,9,13,15H,3,6,8,17H2,1-2H3. The number of carbonyl (C=O) groups excluding carboxylic acids is 2. The van der Waals surface area contributed by atoms with Crippen LogP contribution in [0.1, 0.15) is 47.3 Å². The SMILES string of the molecule is CC1CCC(C(N)c2ccc3c(c2)C(=O)N(C)C(=O)C3)O1. The van der Waals surface area contributed by atoms with Crippen LogP contribution in [0.15, 0.2) is 18.2 Å². The molecule has 1 aromatic carbocycles. The van der Waals surface area contributed by atoms with Crippen LogP contribution in [-0.2, 0) is 16.0 Å². The van der Waals surface area contributed by atoms with Crippen molar-refractivity contribution in [2.24, 2.45) is 5.73 Å². The van der Waals surface area contributed by atoms with Crippen molar-refractivity contribution in [3.05, 3.63) is 34.9 Å². The minimum absolute atomic E-state index is 0.00361. The summed E-state index contributed by atoms with van der Waals surface area (Å²) >= 11 is 0. The number of fused-ring (bicyclic) bond motifs is 1. The van der Waals surface area contributed by atoms with Gasteiger partial charge in [0.05, 0.1) is 24.7 Å². The second-order valence-electron chi connectivity index (χ2n) is 5.94. The minimum Gasteiger partial charge on any atom is -0.373 e. The van der Waals surface area contributed by atoms with Crippen LogP contribution >= 0.6 is 0 Å². The molecule has 0 aromatic heterocycles. The van der Waals surface area contributed by atoms with Crippen LogP contribution in [0.25, 0.3) is 0 Å². The summed E-state index contributed by atoms with van der Waals surface area (Å²) in [5.74, 6) is -0.423. The van der Waals surface area contributed by atoms with Crippen LogP contribution in [0.4, 0.5) is 0 Å². The van der Waals surface area contributed by atoms with Crippen molar-refractivity contribution in [3.63, 3.8) is 0 Å². The molecule has 5 heteroatoms. The number of ether oxygens (including phenoxy) is 1. The first kappa shape index (κ1) is 14.2. The second kappa shape index (κ2) is 5.24. The Hall–Kier alpha value is -1.72. The molecule has 0 bridgehead atoms. The fraction of sp³-hybridized carbons (Fsp3) is 0.500.